The number of anilines is 1. The molecule has 2 N–H and O–H groups in total. The number of halogens is 1. The van der Waals surface area contributed by atoms with Gasteiger partial charge in [-0.1, -0.05) is 35.9 Å². The topological polar surface area (TPSA) is 26.0 Å². The molecule has 0 aromatic heterocycles. The van der Waals surface area contributed by atoms with E-state index >= 15 is 0 Å². The minimum atomic E-state index is -1.62. The Kier molecular flexibility index (Phi) is 5.47. The van der Waals surface area contributed by atoms with Crippen LogP contribution < -0.4 is 5.73 Å². The maximum absolute atomic E-state index is 6.03. The molecule has 1 atom stereocenters. The van der Waals surface area contributed by atoms with Crippen LogP contribution in [0.15, 0.2) is 123 Å². The molecule has 3 heteroatoms. The van der Waals surface area contributed by atoms with Crippen molar-refractivity contribution in [2.24, 2.45) is 0 Å². The average molecular weight is 495 g/mol. The molecule has 0 saturated heterocycles. The molecule has 28 heavy (non-hydrogen) atoms. The summed E-state index contributed by atoms with van der Waals surface area (Å²) in [6.07, 6.45) is 0. The van der Waals surface area contributed by atoms with Gasteiger partial charge < -0.3 is 5.73 Å². The zero-order valence-electron chi connectivity index (χ0n) is 15.7. The first-order valence-corrected chi connectivity index (χ1v) is 11.9. The molecule has 0 amide bonds. The molecule has 0 heterocycles. The van der Waals surface area contributed by atoms with Crippen molar-refractivity contribution in [3.63, 3.8) is 0 Å². The van der Waals surface area contributed by atoms with Crippen LogP contribution in [0.5, 0.6) is 0 Å². The van der Waals surface area contributed by atoms with Crippen LogP contribution in [0.1, 0.15) is 5.56 Å². The van der Waals surface area contributed by atoms with Crippen molar-refractivity contribution < 1.29 is 0 Å². The molecular weight excluding hydrogens is 473 g/mol. The molecule has 0 radical (unpaired) electrons. The normalized spacial score (nSPS) is 14.2. The van der Waals surface area contributed by atoms with Gasteiger partial charge in [0.25, 0.3) is 0 Å². The molecule has 4 rings (SSSR count). The van der Waals surface area contributed by atoms with Crippen LogP contribution in [0.4, 0.5) is 5.69 Å². The number of hydrogen-bond acceptors (Lipinski definition) is 1. The monoisotopic (exact) mass is 495 g/mol. The summed E-state index contributed by atoms with van der Waals surface area (Å²) in [4.78, 5) is 5.27. The zero-order valence-corrected chi connectivity index (χ0v) is 18.7. The fourth-order valence-corrected chi connectivity index (χ4v) is 7.69. The number of benzene rings is 4. The lowest BCUT2D eigenvalue weighted by Crippen LogP contribution is -2.05. The maximum atomic E-state index is 6.03. The molecule has 1 nitrogen and oxygen atoms in total. The molecule has 140 valence electrons. The van der Waals surface area contributed by atoms with Gasteiger partial charge in [0.1, 0.15) is 0 Å². The largest absolute Gasteiger partial charge is 0.399 e. The first kappa shape index (κ1) is 19.1. The molecule has 0 saturated carbocycles. The van der Waals surface area contributed by atoms with Crippen LogP contribution in [-0.2, 0) is 0 Å². The smallest absolute Gasteiger partial charge is 0.0314 e. The molecule has 1 unspecified atom stereocenters. The van der Waals surface area contributed by atoms with Crippen LogP contribution in [0.3, 0.4) is 0 Å². The highest BCUT2D eigenvalue weighted by Gasteiger charge is 2.33. The van der Waals surface area contributed by atoms with Gasteiger partial charge >= 0.3 is 0 Å². The molecule has 4 aromatic carbocycles. The maximum Gasteiger partial charge on any atom is 0.0314 e. The standard InChI is InChI=1S/C25H22INS/c1-19-7-13-23(14-8-19)28(22-5-3-2-4-6-22,24-15-9-20(26)10-16-24)25-17-11-21(27)12-18-25/h2-18H,27H2,1H3. The molecule has 0 bridgehead atoms. The third kappa shape index (κ3) is 3.45. The first-order chi connectivity index (χ1) is 13.6. The summed E-state index contributed by atoms with van der Waals surface area (Å²) in [5.41, 5.74) is 8.09. The van der Waals surface area contributed by atoms with E-state index in [-0.39, 0.29) is 0 Å². The van der Waals surface area contributed by atoms with Crippen LogP contribution >= 0.6 is 32.6 Å². The van der Waals surface area contributed by atoms with Crippen molar-refractivity contribution in [3.8, 4) is 0 Å². The van der Waals surface area contributed by atoms with E-state index in [0.29, 0.717) is 0 Å². The summed E-state index contributed by atoms with van der Waals surface area (Å²) < 4.78 is 1.24. The second kappa shape index (κ2) is 8.02. The van der Waals surface area contributed by atoms with Gasteiger partial charge in [-0.3, -0.25) is 0 Å². The Hall–Kier alpha value is -2.24. The first-order valence-electron chi connectivity index (χ1n) is 9.17. The molecule has 0 aliphatic heterocycles. The Bertz CT molecular complexity index is 945. The highest BCUT2D eigenvalue weighted by Crippen LogP contribution is 2.73. The zero-order chi connectivity index (χ0) is 19.6. The van der Waals surface area contributed by atoms with Crippen molar-refractivity contribution in [2.45, 2.75) is 26.5 Å². The summed E-state index contributed by atoms with van der Waals surface area (Å²) in [7, 11) is -1.62. The van der Waals surface area contributed by atoms with Crippen LogP contribution in [0.2, 0.25) is 0 Å². The van der Waals surface area contributed by atoms with E-state index in [0.717, 1.165) is 5.69 Å². The van der Waals surface area contributed by atoms with Crippen molar-refractivity contribution in [1.82, 2.24) is 0 Å². The van der Waals surface area contributed by atoms with Gasteiger partial charge in [-0.05, 0) is 102 Å². The predicted molar refractivity (Wildman–Crippen MR) is 128 cm³/mol. The highest BCUT2D eigenvalue weighted by atomic mass is 127. The van der Waals surface area contributed by atoms with Crippen molar-refractivity contribution in [1.29, 1.82) is 0 Å². The van der Waals surface area contributed by atoms with Gasteiger partial charge in [-0.25, -0.2) is 0 Å². The second-order valence-electron chi connectivity index (χ2n) is 6.76. The summed E-state index contributed by atoms with van der Waals surface area (Å²) in [6.45, 7) is 2.14. The lowest BCUT2D eigenvalue weighted by Gasteiger charge is -2.42. The summed E-state index contributed by atoms with van der Waals surface area (Å²) in [6, 6.07) is 37.2. The number of nitrogens with two attached hydrogens (primary N) is 1. The fourth-order valence-electron chi connectivity index (χ4n) is 3.49. The van der Waals surface area contributed by atoms with Gasteiger partial charge in [-0.2, -0.15) is 0 Å². The van der Waals surface area contributed by atoms with Gasteiger partial charge in [-0.15, -0.1) is 10.0 Å². The highest BCUT2D eigenvalue weighted by molar-refractivity contribution is 14.1. The molecule has 0 aliphatic rings. The Balaban J connectivity index is 2.11. The fraction of sp³-hybridized carbons (Fsp3) is 0.0400. The molecule has 0 fully saturated rings. The lowest BCUT2D eigenvalue weighted by molar-refractivity contribution is 1.23. The van der Waals surface area contributed by atoms with E-state index in [4.69, 9.17) is 5.73 Å². The second-order valence-corrected chi connectivity index (χ2v) is 11.1. The average Bonchev–Trinajstić information content (AvgIpc) is 2.73. The van der Waals surface area contributed by atoms with Crippen molar-refractivity contribution in [2.75, 3.05) is 5.73 Å². The molecule has 0 aliphatic carbocycles. The van der Waals surface area contributed by atoms with Gasteiger partial charge in [0.05, 0.1) is 0 Å². The van der Waals surface area contributed by atoms with Crippen LogP contribution in [0, 0.1) is 10.5 Å². The Morgan fingerprint density at radius 1 is 0.571 bits per heavy atom. The van der Waals surface area contributed by atoms with E-state index in [1.807, 2.05) is 12.1 Å². The SMILES string of the molecule is Cc1ccc(S(c2ccccc2)(c2ccc(N)cc2)c2ccc(I)cc2)cc1. The van der Waals surface area contributed by atoms with Crippen molar-refractivity contribution >= 4 is 38.3 Å². The third-order valence-corrected chi connectivity index (χ3v) is 9.51. The number of hydrogen-bond donors (Lipinski definition) is 1. The van der Waals surface area contributed by atoms with Crippen LogP contribution in [-0.4, -0.2) is 0 Å². The van der Waals surface area contributed by atoms with E-state index in [9.17, 15) is 0 Å². The number of nitrogen functional groups attached to an aromatic ring is 1. The minimum Gasteiger partial charge on any atom is -0.399 e. The Morgan fingerprint density at radius 3 is 1.54 bits per heavy atom. The van der Waals surface area contributed by atoms with E-state index in [1.54, 1.807) is 0 Å². The molecule has 4 aromatic rings. The van der Waals surface area contributed by atoms with Crippen LogP contribution in [0.25, 0.3) is 0 Å². The molecule has 0 spiro atoms. The predicted octanol–water partition coefficient (Wildman–Crippen LogP) is 7.52. The number of rotatable bonds is 4. The van der Waals surface area contributed by atoms with E-state index in [2.05, 4.69) is 121 Å². The summed E-state index contributed by atoms with van der Waals surface area (Å²) >= 11 is 2.37. The van der Waals surface area contributed by atoms with E-state index < -0.39 is 10.0 Å². The number of aryl methyl sites for hydroxylation is 1. The summed E-state index contributed by atoms with van der Waals surface area (Å²) in [5, 5.41) is 0. The van der Waals surface area contributed by atoms with Gasteiger partial charge in [0, 0.05) is 28.8 Å². The van der Waals surface area contributed by atoms with Crippen molar-refractivity contribution in [3.05, 3.63) is 112 Å². The Labute approximate surface area is 182 Å². The lowest BCUT2D eigenvalue weighted by atomic mass is 10.2. The molecular formula is C25H22INS. The summed E-state index contributed by atoms with van der Waals surface area (Å²) in [5.74, 6) is 0. The quantitative estimate of drug-likeness (QED) is 0.230. The van der Waals surface area contributed by atoms with Gasteiger partial charge in [0.15, 0.2) is 0 Å². The third-order valence-electron chi connectivity index (χ3n) is 4.87. The minimum absolute atomic E-state index is 0.789. The van der Waals surface area contributed by atoms with Gasteiger partial charge in [0.2, 0.25) is 0 Å². The van der Waals surface area contributed by atoms with E-state index in [1.165, 1.54) is 28.7 Å². The Morgan fingerprint density at radius 2 is 1.00 bits per heavy atom.